The Morgan fingerprint density at radius 1 is 0.364 bits per heavy atom. The van der Waals surface area contributed by atoms with Crippen LogP contribution in [0.5, 0.6) is 0 Å². The van der Waals surface area contributed by atoms with Gasteiger partial charge in [-0.05, 0) is 94.2 Å². The molecule has 11 rings (SSSR count). The lowest BCUT2D eigenvalue weighted by molar-refractivity contribution is 0.669. The number of anilines is 3. The highest BCUT2D eigenvalue weighted by molar-refractivity contribution is 6.09. The summed E-state index contributed by atoms with van der Waals surface area (Å²) in [7, 11) is 0. The van der Waals surface area contributed by atoms with Gasteiger partial charge in [0.25, 0.3) is 0 Å². The number of aromatic nitrogens is 1. The van der Waals surface area contributed by atoms with Crippen molar-refractivity contribution in [1.82, 2.24) is 4.57 Å². The van der Waals surface area contributed by atoms with Gasteiger partial charge >= 0.3 is 0 Å². The maximum absolute atomic E-state index is 6.48. The lowest BCUT2D eigenvalue weighted by Crippen LogP contribution is -2.11. The fourth-order valence-electron chi connectivity index (χ4n) is 8.36. The fraction of sp³-hybridized carbons (Fsp3) is 0. The smallest absolute Gasteiger partial charge is 0.137 e. The molecule has 0 spiro atoms. The van der Waals surface area contributed by atoms with Gasteiger partial charge in [-0.2, -0.15) is 0 Å². The van der Waals surface area contributed by atoms with E-state index < -0.39 is 0 Å². The van der Waals surface area contributed by atoms with Crippen molar-refractivity contribution >= 4 is 71.6 Å². The second-order valence-corrected chi connectivity index (χ2v) is 14.2. The number of furan rings is 1. The number of fused-ring (bicyclic) bond motifs is 7. The molecule has 0 aliphatic rings. The summed E-state index contributed by atoms with van der Waals surface area (Å²) in [5, 5.41) is 7.18. The van der Waals surface area contributed by atoms with E-state index in [9.17, 15) is 0 Å². The Balaban J connectivity index is 1.14. The molecule has 9 aromatic carbocycles. The second kappa shape index (κ2) is 12.6. The normalized spacial score (nSPS) is 11.6. The monoisotopic (exact) mass is 702 g/mol. The molecule has 0 aliphatic carbocycles. The third-order valence-electron chi connectivity index (χ3n) is 11.0. The van der Waals surface area contributed by atoms with Crippen LogP contribution in [0.15, 0.2) is 211 Å². The Hall–Kier alpha value is -7.36. The SMILES string of the molecule is c1ccc(-c2ccc(-c3ccc4ccccc4c3)cc2N(c2ccc(-n3c4ccccc4c4ccccc43)cc2)c2ccc3c(c2)oc2ccccc23)cc1. The standard InChI is InChI=1S/C52H34N2O/c1-2-13-36(14-3-1)43-30-24-39(38-23-22-35-12-4-5-15-37(35)32-38)33-50(43)53(42-29-31-47-46-18-8-11-21-51(46)55-52(47)34-42)40-25-27-41(28-26-40)54-48-19-9-6-16-44(48)45-17-7-10-20-49(45)54/h1-34H. The Morgan fingerprint density at radius 2 is 0.964 bits per heavy atom. The predicted octanol–water partition coefficient (Wildman–Crippen LogP) is 14.6. The van der Waals surface area contributed by atoms with Gasteiger partial charge in [-0.25, -0.2) is 0 Å². The maximum atomic E-state index is 6.48. The first-order chi connectivity index (χ1) is 27.3. The minimum absolute atomic E-state index is 0.859. The van der Waals surface area contributed by atoms with Crippen molar-refractivity contribution in [1.29, 1.82) is 0 Å². The number of para-hydroxylation sites is 3. The first-order valence-electron chi connectivity index (χ1n) is 18.8. The molecule has 3 nitrogen and oxygen atoms in total. The highest BCUT2D eigenvalue weighted by Gasteiger charge is 2.21. The Labute approximate surface area is 318 Å². The van der Waals surface area contributed by atoms with Gasteiger partial charge in [0.1, 0.15) is 11.2 Å². The molecule has 11 aromatic rings. The van der Waals surface area contributed by atoms with Crippen molar-refractivity contribution in [2.75, 3.05) is 4.90 Å². The van der Waals surface area contributed by atoms with E-state index in [4.69, 9.17) is 4.42 Å². The zero-order valence-electron chi connectivity index (χ0n) is 29.9. The molecule has 0 saturated carbocycles. The zero-order chi connectivity index (χ0) is 36.3. The van der Waals surface area contributed by atoms with Crippen LogP contribution in [0, 0.1) is 0 Å². The molecule has 0 aliphatic heterocycles. The van der Waals surface area contributed by atoms with E-state index in [-0.39, 0.29) is 0 Å². The molecule has 0 bridgehead atoms. The van der Waals surface area contributed by atoms with E-state index in [1.54, 1.807) is 0 Å². The summed E-state index contributed by atoms with van der Waals surface area (Å²) in [5.74, 6) is 0. The van der Waals surface area contributed by atoms with Gasteiger partial charge in [-0.15, -0.1) is 0 Å². The van der Waals surface area contributed by atoms with Gasteiger partial charge in [0.2, 0.25) is 0 Å². The summed E-state index contributed by atoms with van der Waals surface area (Å²) >= 11 is 0. The second-order valence-electron chi connectivity index (χ2n) is 14.2. The maximum Gasteiger partial charge on any atom is 0.137 e. The third-order valence-corrected chi connectivity index (χ3v) is 11.0. The molecule has 0 saturated heterocycles. The summed E-state index contributed by atoms with van der Waals surface area (Å²) in [6, 6.07) is 74.1. The molecule has 0 amide bonds. The van der Waals surface area contributed by atoms with Crippen LogP contribution in [0.3, 0.4) is 0 Å². The number of hydrogen-bond acceptors (Lipinski definition) is 2. The number of nitrogens with zero attached hydrogens (tertiary/aromatic N) is 2. The average molecular weight is 703 g/mol. The molecule has 0 fully saturated rings. The van der Waals surface area contributed by atoms with E-state index >= 15 is 0 Å². The van der Waals surface area contributed by atoms with Crippen molar-refractivity contribution in [3.05, 3.63) is 206 Å². The minimum atomic E-state index is 0.859. The summed E-state index contributed by atoms with van der Waals surface area (Å²) in [5.41, 5.74) is 13.0. The summed E-state index contributed by atoms with van der Waals surface area (Å²) in [6.45, 7) is 0. The van der Waals surface area contributed by atoms with Gasteiger partial charge in [0, 0.05) is 50.2 Å². The van der Waals surface area contributed by atoms with Crippen LogP contribution in [0.25, 0.3) is 82.5 Å². The van der Waals surface area contributed by atoms with Crippen LogP contribution in [-0.4, -0.2) is 4.57 Å². The van der Waals surface area contributed by atoms with Crippen LogP contribution in [-0.2, 0) is 0 Å². The Bertz CT molecular complexity index is 3150. The number of benzene rings is 9. The summed E-state index contributed by atoms with van der Waals surface area (Å²) in [4.78, 5) is 2.38. The first-order valence-corrected chi connectivity index (χ1v) is 18.8. The predicted molar refractivity (Wildman–Crippen MR) is 231 cm³/mol. The van der Waals surface area contributed by atoms with Crippen molar-refractivity contribution in [2.24, 2.45) is 0 Å². The molecule has 258 valence electrons. The van der Waals surface area contributed by atoms with Crippen molar-refractivity contribution in [2.45, 2.75) is 0 Å². The van der Waals surface area contributed by atoms with Gasteiger partial charge in [0.15, 0.2) is 0 Å². The van der Waals surface area contributed by atoms with Gasteiger partial charge in [-0.1, -0.05) is 133 Å². The zero-order valence-corrected chi connectivity index (χ0v) is 29.9. The van der Waals surface area contributed by atoms with Crippen molar-refractivity contribution in [3.63, 3.8) is 0 Å². The molecule has 3 heteroatoms. The third kappa shape index (κ3) is 5.20. The molecule has 0 unspecified atom stereocenters. The minimum Gasteiger partial charge on any atom is -0.456 e. The molecule has 2 heterocycles. The molecule has 0 radical (unpaired) electrons. The summed E-state index contributed by atoms with van der Waals surface area (Å²) in [6.07, 6.45) is 0. The van der Waals surface area contributed by atoms with Gasteiger partial charge in [-0.3, -0.25) is 0 Å². The van der Waals surface area contributed by atoms with E-state index in [0.717, 1.165) is 61.4 Å². The Morgan fingerprint density at radius 3 is 1.75 bits per heavy atom. The first kappa shape index (κ1) is 31.2. The van der Waals surface area contributed by atoms with Crippen LogP contribution >= 0.6 is 0 Å². The van der Waals surface area contributed by atoms with Crippen molar-refractivity contribution in [3.8, 4) is 27.9 Å². The highest BCUT2D eigenvalue weighted by Crippen LogP contribution is 2.45. The van der Waals surface area contributed by atoms with Gasteiger partial charge < -0.3 is 13.9 Å². The van der Waals surface area contributed by atoms with Crippen LogP contribution in [0.4, 0.5) is 17.1 Å². The van der Waals surface area contributed by atoms with Gasteiger partial charge in [0.05, 0.1) is 16.7 Å². The molecule has 0 atom stereocenters. The average Bonchev–Trinajstić information content (AvgIpc) is 3.80. The lowest BCUT2D eigenvalue weighted by atomic mass is 9.95. The molecule has 0 N–H and O–H groups in total. The number of hydrogen-bond donors (Lipinski definition) is 0. The molecular formula is C52H34N2O. The van der Waals surface area contributed by atoms with Crippen molar-refractivity contribution < 1.29 is 4.42 Å². The van der Waals surface area contributed by atoms with E-state index in [1.165, 1.54) is 38.1 Å². The van der Waals surface area contributed by atoms with Crippen LogP contribution < -0.4 is 4.90 Å². The lowest BCUT2D eigenvalue weighted by Gasteiger charge is -2.29. The molecule has 2 aromatic heterocycles. The van der Waals surface area contributed by atoms with Crippen LogP contribution in [0.2, 0.25) is 0 Å². The van der Waals surface area contributed by atoms with E-state index in [0.29, 0.717) is 0 Å². The topological polar surface area (TPSA) is 21.3 Å². The fourth-order valence-corrected chi connectivity index (χ4v) is 8.36. The van der Waals surface area contributed by atoms with Crippen LogP contribution in [0.1, 0.15) is 0 Å². The quantitative estimate of drug-likeness (QED) is 0.172. The molecular weight excluding hydrogens is 669 g/mol. The number of rotatable bonds is 6. The Kier molecular flexibility index (Phi) is 7.17. The largest absolute Gasteiger partial charge is 0.456 e. The molecule has 55 heavy (non-hydrogen) atoms. The van der Waals surface area contributed by atoms with E-state index in [1.807, 2.05) is 12.1 Å². The van der Waals surface area contributed by atoms with E-state index in [2.05, 4.69) is 204 Å². The highest BCUT2D eigenvalue weighted by atomic mass is 16.3. The summed E-state index contributed by atoms with van der Waals surface area (Å²) < 4.78 is 8.85.